The molecule has 0 aromatic rings. The van der Waals surface area contributed by atoms with Crippen molar-refractivity contribution < 1.29 is 39.5 Å². The summed E-state index contributed by atoms with van der Waals surface area (Å²) in [6.07, 6.45) is 12.5. The molecule has 0 bridgehead atoms. The molecule has 0 unspecified atom stereocenters. The van der Waals surface area contributed by atoms with E-state index in [-0.39, 0.29) is 36.1 Å². The molecule has 0 saturated carbocycles. The van der Waals surface area contributed by atoms with Gasteiger partial charge in [0.1, 0.15) is 5.79 Å². The van der Waals surface area contributed by atoms with Crippen molar-refractivity contribution in [2.45, 2.75) is 83.8 Å². The van der Waals surface area contributed by atoms with Crippen LogP contribution in [0.4, 0.5) is 0 Å². The van der Waals surface area contributed by atoms with Crippen molar-refractivity contribution in [1.29, 1.82) is 0 Å². The van der Waals surface area contributed by atoms with Crippen molar-refractivity contribution in [1.82, 2.24) is 4.90 Å². The van der Waals surface area contributed by atoms with Crippen LogP contribution in [-0.4, -0.2) is 29.7 Å². The first-order valence-corrected chi connectivity index (χ1v) is 8.40. The standard InChI is InChI=1S/C16H35N3O2.Na/c1-3-4-5-6-7-8-9-10-11-12-13-19(14-15(20)21)16(2,17)18;/h3-14,17-18H2,1-2H3,(H,20,21);/q;+1/p-1. The molecule has 0 fully saturated rings. The number of carbonyl (C=O) groups excluding carboxylic acids is 1. The molecule has 0 saturated heterocycles. The Labute approximate surface area is 158 Å². The number of unbranched alkanes of at least 4 members (excludes halogenated alkanes) is 9. The Kier molecular flexibility index (Phi) is 16.7. The van der Waals surface area contributed by atoms with Crippen LogP contribution in [0.2, 0.25) is 0 Å². The van der Waals surface area contributed by atoms with Crippen LogP contribution in [-0.2, 0) is 4.79 Å². The largest absolute Gasteiger partial charge is 1.00 e. The SMILES string of the molecule is CCCCCCCCCCCCN(CC(=O)[O-])C(C)(N)N.[Na+]. The van der Waals surface area contributed by atoms with E-state index < -0.39 is 11.8 Å². The van der Waals surface area contributed by atoms with Gasteiger partial charge in [-0.25, -0.2) is 0 Å². The Bertz CT molecular complexity index is 271. The normalized spacial score (nSPS) is 11.5. The molecule has 0 spiro atoms. The molecule has 6 heteroatoms. The molecule has 22 heavy (non-hydrogen) atoms. The molecule has 0 aliphatic heterocycles. The van der Waals surface area contributed by atoms with Gasteiger partial charge in [0.05, 0.1) is 5.97 Å². The molecule has 0 rings (SSSR count). The number of carboxylic acid groups (broad SMARTS) is 1. The van der Waals surface area contributed by atoms with Gasteiger partial charge in [0.25, 0.3) is 0 Å². The second kappa shape index (κ2) is 14.9. The monoisotopic (exact) mass is 323 g/mol. The van der Waals surface area contributed by atoms with Crippen LogP contribution < -0.4 is 46.1 Å². The van der Waals surface area contributed by atoms with E-state index in [0.29, 0.717) is 6.54 Å². The Balaban J connectivity index is 0. The molecule has 5 nitrogen and oxygen atoms in total. The minimum atomic E-state index is -1.13. The summed E-state index contributed by atoms with van der Waals surface area (Å²) in [5.41, 5.74) is 11.5. The minimum absolute atomic E-state index is 0. The van der Waals surface area contributed by atoms with Crippen molar-refractivity contribution in [3.63, 3.8) is 0 Å². The van der Waals surface area contributed by atoms with Gasteiger partial charge in [0.15, 0.2) is 0 Å². The van der Waals surface area contributed by atoms with Crippen LogP contribution in [0.25, 0.3) is 0 Å². The number of hydrogen-bond donors (Lipinski definition) is 2. The molecule has 0 amide bonds. The smallest absolute Gasteiger partial charge is 0.549 e. The van der Waals surface area contributed by atoms with Crippen LogP contribution in [0, 0.1) is 0 Å². The van der Waals surface area contributed by atoms with E-state index in [4.69, 9.17) is 11.5 Å². The third-order valence-corrected chi connectivity index (χ3v) is 3.78. The maximum Gasteiger partial charge on any atom is 1.00 e. The second-order valence-electron chi connectivity index (χ2n) is 6.20. The zero-order valence-corrected chi connectivity index (χ0v) is 16.9. The molecule has 126 valence electrons. The van der Waals surface area contributed by atoms with Crippen molar-refractivity contribution in [2.24, 2.45) is 11.5 Å². The maximum absolute atomic E-state index is 10.7. The van der Waals surface area contributed by atoms with Gasteiger partial charge in [0.2, 0.25) is 0 Å². The summed E-state index contributed by atoms with van der Waals surface area (Å²) >= 11 is 0. The third-order valence-electron chi connectivity index (χ3n) is 3.78. The first-order chi connectivity index (χ1) is 9.88. The Morgan fingerprint density at radius 3 is 1.73 bits per heavy atom. The molecule has 4 N–H and O–H groups in total. The van der Waals surface area contributed by atoms with E-state index in [9.17, 15) is 9.90 Å². The van der Waals surface area contributed by atoms with E-state index in [1.165, 1.54) is 51.4 Å². The molecule has 0 aliphatic carbocycles. The van der Waals surface area contributed by atoms with E-state index in [1.807, 2.05) is 0 Å². The number of nitrogens with zero attached hydrogens (tertiary/aromatic N) is 1. The van der Waals surface area contributed by atoms with Crippen LogP contribution in [0.15, 0.2) is 0 Å². The topological polar surface area (TPSA) is 95.4 Å². The fraction of sp³-hybridized carbons (Fsp3) is 0.938. The zero-order chi connectivity index (χ0) is 16.1. The second-order valence-corrected chi connectivity index (χ2v) is 6.20. The number of nitrogens with two attached hydrogens (primary N) is 2. The van der Waals surface area contributed by atoms with Gasteiger partial charge >= 0.3 is 29.6 Å². The number of carboxylic acids is 1. The average molecular weight is 323 g/mol. The summed E-state index contributed by atoms with van der Waals surface area (Å²) in [7, 11) is 0. The Morgan fingerprint density at radius 2 is 1.36 bits per heavy atom. The quantitative estimate of drug-likeness (QED) is 0.232. The summed E-state index contributed by atoms with van der Waals surface area (Å²) in [4.78, 5) is 12.2. The van der Waals surface area contributed by atoms with E-state index in [0.717, 1.165) is 12.8 Å². The van der Waals surface area contributed by atoms with Gasteiger partial charge in [-0.1, -0.05) is 64.7 Å². The minimum Gasteiger partial charge on any atom is -0.549 e. The molecule has 0 aromatic heterocycles. The summed E-state index contributed by atoms with van der Waals surface area (Å²) in [5, 5.41) is 10.7. The predicted octanol–water partition coefficient (Wildman–Crippen LogP) is -1.45. The summed E-state index contributed by atoms with van der Waals surface area (Å²) in [6.45, 7) is 4.25. The number of aliphatic carboxylic acids is 1. The first-order valence-electron chi connectivity index (χ1n) is 8.40. The van der Waals surface area contributed by atoms with Crippen LogP contribution in [0.5, 0.6) is 0 Å². The van der Waals surface area contributed by atoms with Gasteiger partial charge in [0, 0.05) is 13.1 Å². The molecule has 0 radical (unpaired) electrons. The predicted molar refractivity (Wildman–Crippen MR) is 85.2 cm³/mol. The van der Waals surface area contributed by atoms with Crippen molar-refractivity contribution in [2.75, 3.05) is 13.1 Å². The fourth-order valence-electron chi connectivity index (χ4n) is 2.44. The van der Waals surface area contributed by atoms with Gasteiger partial charge in [-0.05, 0) is 13.3 Å². The number of hydrogen-bond acceptors (Lipinski definition) is 5. The zero-order valence-electron chi connectivity index (χ0n) is 14.9. The van der Waals surface area contributed by atoms with Gasteiger partial charge in [-0.15, -0.1) is 0 Å². The van der Waals surface area contributed by atoms with Crippen molar-refractivity contribution in [3.8, 4) is 0 Å². The van der Waals surface area contributed by atoms with E-state index in [2.05, 4.69) is 6.92 Å². The van der Waals surface area contributed by atoms with Gasteiger partial charge in [-0.2, -0.15) is 0 Å². The average Bonchev–Trinajstić information content (AvgIpc) is 2.38. The summed E-state index contributed by atoms with van der Waals surface area (Å²) in [6, 6.07) is 0. The number of carbonyl (C=O) groups is 1. The molecule has 0 heterocycles. The third kappa shape index (κ3) is 15.3. The van der Waals surface area contributed by atoms with Crippen molar-refractivity contribution in [3.05, 3.63) is 0 Å². The van der Waals surface area contributed by atoms with Crippen LogP contribution in [0.1, 0.15) is 78.1 Å². The Morgan fingerprint density at radius 1 is 0.955 bits per heavy atom. The molecule has 0 aromatic carbocycles. The van der Waals surface area contributed by atoms with Gasteiger partial charge < -0.3 is 21.4 Å². The first kappa shape index (κ1) is 24.6. The molecule has 0 aliphatic rings. The number of rotatable bonds is 14. The summed E-state index contributed by atoms with van der Waals surface area (Å²) in [5.74, 6) is -2.23. The van der Waals surface area contributed by atoms with Crippen LogP contribution >= 0.6 is 0 Å². The van der Waals surface area contributed by atoms with Crippen molar-refractivity contribution >= 4 is 5.97 Å². The van der Waals surface area contributed by atoms with Crippen LogP contribution in [0.3, 0.4) is 0 Å². The molecular formula is C16H34N3NaO2. The summed E-state index contributed by atoms with van der Waals surface area (Å²) < 4.78 is 0. The maximum atomic E-state index is 10.7. The molecular weight excluding hydrogens is 289 g/mol. The van der Waals surface area contributed by atoms with E-state index in [1.54, 1.807) is 11.8 Å². The molecule has 0 atom stereocenters. The Hall–Kier alpha value is 0.350. The fourth-order valence-corrected chi connectivity index (χ4v) is 2.44. The van der Waals surface area contributed by atoms with E-state index >= 15 is 0 Å². The van der Waals surface area contributed by atoms with Gasteiger partial charge in [-0.3, -0.25) is 4.90 Å².